The van der Waals surface area contributed by atoms with Crippen molar-refractivity contribution in [2.75, 3.05) is 6.61 Å². The zero-order valence-electron chi connectivity index (χ0n) is 19.3. The van der Waals surface area contributed by atoms with Gasteiger partial charge in [-0.2, -0.15) is 13.2 Å². The van der Waals surface area contributed by atoms with Crippen LogP contribution in [0.5, 0.6) is 5.75 Å². The molecule has 180 valence electrons. The Morgan fingerprint density at radius 2 is 1.66 bits per heavy atom. The highest BCUT2D eigenvalue weighted by molar-refractivity contribution is 5.85. The van der Waals surface area contributed by atoms with Crippen LogP contribution in [0, 0.1) is 41.8 Å². The summed E-state index contributed by atoms with van der Waals surface area (Å²) in [6.45, 7) is -1.35. The number of hydrogen-bond donors (Lipinski definition) is 0. The van der Waals surface area contributed by atoms with E-state index in [9.17, 15) is 13.2 Å². The Kier molecular flexibility index (Phi) is 7.67. The molecule has 0 heterocycles. The fraction of sp³-hybridized carbons (Fsp3) is 0.333. The highest BCUT2D eigenvalue weighted by atomic mass is 19.4. The molecule has 1 aliphatic carbocycles. The van der Waals surface area contributed by atoms with E-state index in [1.807, 2.05) is 24.3 Å². The molecular formula is C30H26F4O. The van der Waals surface area contributed by atoms with Crippen molar-refractivity contribution in [3.05, 3.63) is 77.1 Å². The number of benzene rings is 3. The lowest BCUT2D eigenvalue weighted by Gasteiger charge is -2.25. The van der Waals surface area contributed by atoms with E-state index in [-0.39, 0.29) is 17.1 Å². The van der Waals surface area contributed by atoms with Gasteiger partial charge in [0.05, 0.1) is 5.56 Å². The van der Waals surface area contributed by atoms with Gasteiger partial charge in [0.15, 0.2) is 6.61 Å². The molecule has 1 aliphatic rings. The van der Waals surface area contributed by atoms with E-state index in [1.54, 1.807) is 18.2 Å². The van der Waals surface area contributed by atoms with Crippen molar-refractivity contribution in [2.24, 2.45) is 11.8 Å². The van der Waals surface area contributed by atoms with Gasteiger partial charge in [-0.15, -0.1) is 12.3 Å². The largest absolute Gasteiger partial charge is 0.484 e. The van der Waals surface area contributed by atoms with Crippen molar-refractivity contribution >= 4 is 10.8 Å². The lowest BCUT2D eigenvalue weighted by atomic mass is 9.80. The number of fused-ring (bicyclic) bond motifs is 1. The van der Waals surface area contributed by atoms with Gasteiger partial charge in [0.25, 0.3) is 0 Å². The summed E-state index contributed by atoms with van der Waals surface area (Å²) < 4.78 is 56.5. The highest BCUT2D eigenvalue weighted by Gasteiger charge is 2.28. The van der Waals surface area contributed by atoms with Crippen molar-refractivity contribution < 1.29 is 22.3 Å². The van der Waals surface area contributed by atoms with E-state index in [1.165, 1.54) is 30.5 Å². The Bertz CT molecular complexity index is 1260. The van der Waals surface area contributed by atoms with Crippen LogP contribution in [0.1, 0.15) is 48.8 Å². The molecule has 1 fully saturated rings. The number of hydrogen-bond acceptors (Lipinski definition) is 1. The molecule has 3 aromatic carbocycles. The number of ether oxygens (including phenoxy) is 1. The molecule has 1 saturated carbocycles. The van der Waals surface area contributed by atoms with Crippen molar-refractivity contribution in [2.45, 2.75) is 44.7 Å². The van der Waals surface area contributed by atoms with Crippen molar-refractivity contribution in [3.63, 3.8) is 0 Å². The van der Waals surface area contributed by atoms with Gasteiger partial charge in [-0.25, -0.2) is 4.39 Å². The van der Waals surface area contributed by atoms with Gasteiger partial charge in [0, 0.05) is 16.9 Å². The van der Waals surface area contributed by atoms with Gasteiger partial charge >= 0.3 is 6.18 Å². The molecule has 0 spiro atoms. The van der Waals surface area contributed by atoms with Gasteiger partial charge in [0.1, 0.15) is 11.6 Å². The average Bonchev–Trinajstić information content (AvgIpc) is 2.86. The van der Waals surface area contributed by atoms with E-state index in [0.717, 1.165) is 31.1 Å². The van der Waals surface area contributed by atoms with E-state index < -0.39 is 12.8 Å². The summed E-state index contributed by atoms with van der Waals surface area (Å²) in [6, 6.07) is 15.3. The first kappa shape index (κ1) is 24.7. The standard InChI is InChI=1S/C30H26F4O/c1-2-21-3-5-22(6-4-21)7-8-24-12-18-28-26(19-24)15-14-25(29(28)31)13-9-23-10-16-27(17-11-23)35-20-30(32,33)34/h1,10-12,14-19,21-22H,3-8,20H2. The Balaban J connectivity index is 1.40. The lowest BCUT2D eigenvalue weighted by molar-refractivity contribution is -0.153. The molecule has 0 atom stereocenters. The SMILES string of the molecule is C#CC1CCC(CCc2ccc3c(F)c(C#Cc4ccc(OCC(F)(F)F)cc4)ccc3c2)CC1. The van der Waals surface area contributed by atoms with Crippen molar-refractivity contribution in [1.82, 2.24) is 0 Å². The van der Waals surface area contributed by atoms with Crippen molar-refractivity contribution in [3.8, 4) is 29.9 Å². The molecule has 0 amide bonds. The normalized spacial score (nSPS) is 17.9. The fourth-order valence-electron chi connectivity index (χ4n) is 4.52. The predicted molar refractivity (Wildman–Crippen MR) is 130 cm³/mol. The third kappa shape index (κ3) is 6.80. The maximum Gasteiger partial charge on any atom is 0.422 e. The molecule has 0 aromatic heterocycles. The number of alkyl halides is 3. The fourth-order valence-corrected chi connectivity index (χ4v) is 4.52. The molecule has 35 heavy (non-hydrogen) atoms. The van der Waals surface area contributed by atoms with Crippen molar-refractivity contribution in [1.29, 1.82) is 0 Å². The maximum atomic E-state index is 15.1. The van der Waals surface area contributed by atoms with Crippen LogP contribution in [0.4, 0.5) is 17.6 Å². The van der Waals surface area contributed by atoms with Gasteiger partial charge in [-0.05, 0) is 85.7 Å². The second-order valence-corrected chi connectivity index (χ2v) is 9.08. The Hall–Kier alpha value is -3.44. The molecule has 5 heteroatoms. The summed E-state index contributed by atoms with van der Waals surface area (Å²) in [6.07, 6.45) is 7.83. The number of rotatable bonds is 5. The van der Waals surface area contributed by atoms with Crippen LogP contribution in [0.25, 0.3) is 10.8 Å². The van der Waals surface area contributed by atoms with Gasteiger partial charge in [0.2, 0.25) is 0 Å². The summed E-state index contributed by atoms with van der Waals surface area (Å²) in [4.78, 5) is 0. The Labute approximate surface area is 203 Å². The smallest absolute Gasteiger partial charge is 0.422 e. The third-order valence-corrected chi connectivity index (χ3v) is 6.54. The van der Waals surface area contributed by atoms with E-state index in [0.29, 0.717) is 22.8 Å². The first-order valence-electron chi connectivity index (χ1n) is 11.8. The molecule has 0 bridgehead atoms. The highest BCUT2D eigenvalue weighted by Crippen LogP contribution is 2.32. The minimum atomic E-state index is -4.39. The quantitative estimate of drug-likeness (QED) is 0.270. The summed E-state index contributed by atoms with van der Waals surface area (Å²) in [7, 11) is 0. The summed E-state index contributed by atoms with van der Waals surface area (Å²) >= 11 is 0. The summed E-state index contributed by atoms with van der Waals surface area (Å²) in [5.41, 5.74) is 2.02. The Morgan fingerprint density at radius 3 is 2.34 bits per heavy atom. The number of aryl methyl sites for hydroxylation is 1. The number of terminal acetylenes is 1. The van der Waals surface area contributed by atoms with Gasteiger partial charge in [-0.1, -0.05) is 36.1 Å². The van der Waals surface area contributed by atoms with Crippen LogP contribution < -0.4 is 4.74 Å². The molecular weight excluding hydrogens is 452 g/mol. The van der Waals surface area contributed by atoms with E-state index >= 15 is 4.39 Å². The monoisotopic (exact) mass is 478 g/mol. The van der Waals surface area contributed by atoms with E-state index in [2.05, 4.69) is 22.5 Å². The molecule has 0 saturated heterocycles. The summed E-state index contributed by atoms with van der Waals surface area (Å²) in [5.74, 6) is 9.42. The minimum absolute atomic E-state index is 0.0980. The first-order chi connectivity index (χ1) is 16.8. The molecule has 0 radical (unpaired) electrons. The molecule has 0 unspecified atom stereocenters. The summed E-state index contributed by atoms with van der Waals surface area (Å²) in [5, 5.41) is 1.36. The van der Waals surface area contributed by atoms with Gasteiger partial charge < -0.3 is 4.74 Å². The topological polar surface area (TPSA) is 9.23 Å². The average molecular weight is 479 g/mol. The van der Waals surface area contributed by atoms with Crippen LogP contribution in [-0.4, -0.2) is 12.8 Å². The lowest BCUT2D eigenvalue weighted by Crippen LogP contribution is -2.19. The molecule has 4 rings (SSSR count). The maximum absolute atomic E-state index is 15.1. The van der Waals surface area contributed by atoms with Gasteiger partial charge in [-0.3, -0.25) is 0 Å². The van der Waals surface area contributed by atoms with Crippen LogP contribution in [0.2, 0.25) is 0 Å². The molecule has 1 nitrogen and oxygen atoms in total. The van der Waals surface area contributed by atoms with Crippen LogP contribution in [0.15, 0.2) is 54.6 Å². The minimum Gasteiger partial charge on any atom is -0.484 e. The zero-order valence-corrected chi connectivity index (χ0v) is 19.3. The third-order valence-electron chi connectivity index (χ3n) is 6.54. The second kappa shape index (κ2) is 10.9. The van der Waals surface area contributed by atoms with Crippen LogP contribution in [-0.2, 0) is 6.42 Å². The van der Waals surface area contributed by atoms with E-state index in [4.69, 9.17) is 6.42 Å². The first-order valence-corrected chi connectivity index (χ1v) is 11.8. The Morgan fingerprint density at radius 1 is 0.914 bits per heavy atom. The molecule has 0 aliphatic heterocycles. The predicted octanol–water partition coefficient (Wildman–Crippen LogP) is 7.69. The number of halogens is 4. The molecule has 3 aromatic rings. The molecule has 0 N–H and O–H groups in total. The van der Waals surface area contributed by atoms with Crippen LogP contribution >= 0.6 is 0 Å². The second-order valence-electron chi connectivity index (χ2n) is 9.08. The van der Waals surface area contributed by atoms with Crippen LogP contribution in [0.3, 0.4) is 0 Å². The zero-order chi connectivity index (χ0) is 24.8.